The average molecular weight is 250 g/mol. The van der Waals surface area contributed by atoms with E-state index in [1.165, 1.54) is 0 Å². The molecular weight excluding hydrogens is 230 g/mol. The lowest BCUT2D eigenvalue weighted by Gasteiger charge is -2.21. The summed E-state index contributed by atoms with van der Waals surface area (Å²) in [6.45, 7) is 4.91. The van der Waals surface area contributed by atoms with Crippen molar-refractivity contribution in [3.8, 4) is 0 Å². The number of hydrogen-bond donors (Lipinski definition) is 2. The van der Waals surface area contributed by atoms with Crippen LogP contribution in [-0.2, 0) is 9.59 Å². The van der Waals surface area contributed by atoms with E-state index >= 15 is 0 Å². The molecule has 2 amide bonds. The Kier molecular flexibility index (Phi) is 6.36. The Morgan fingerprint density at radius 1 is 1.62 bits per heavy atom. The summed E-state index contributed by atoms with van der Waals surface area (Å²) in [4.78, 5) is 24.6. The summed E-state index contributed by atoms with van der Waals surface area (Å²) in [6.07, 6.45) is 0.737. The fraction of sp³-hybridized carbons (Fsp3) is 0.800. The van der Waals surface area contributed by atoms with Crippen molar-refractivity contribution in [2.75, 3.05) is 13.1 Å². The van der Waals surface area contributed by atoms with Crippen molar-refractivity contribution in [2.45, 2.75) is 38.8 Å². The van der Waals surface area contributed by atoms with E-state index in [1.807, 2.05) is 13.8 Å². The summed E-state index contributed by atoms with van der Waals surface area (Å²) in [5, 5.41) is 2.81. The summed E-state index contributed by atoms with van der Waals surface area (Å²) >= 11 is 0. The van der Waals surface area contributed by atoms with Gasteiger partial charge in [0.1, 0.15) is 0 Å². The quantitative estimate of drug-likeness (QED) is 0.730. The van der Waals surface area contributed by atoms with Gasteiger partial charge in [-0.1, -0.05) is 0 Å². The third kappa shape index (κ3) is 3.98. The van der Waals surface area contributed by atoms with Gasteiger partial charge in [0.25, 0.3) is 0 Å². The first-order valence-corrected chi connectivity index (χ1v) is 5.33. The van der Waals surface area contributed by atoms with Crippen LogP contribution in [0.3, 0.4) is 0 Å². The Labute approximate surface area is 102 Å². The van der Waals surface area contributed by atoms with Gasteiger partial charge in [-0.2, -0.15) is 0 Å². The minimum atomic E-state index is -0.0686. The van der Waals surface area contributed by atoms with E-state index in [1.54, 1.807) is 4.90 Å². The number of nitrogens with zero attached hydrogens (tertiary/aromatic N) is 1. The standard InChI is InChI=1S/C10H19N3O2.ClH/c1-7(2)13-6-8(5-10(13)15)12-9(14)3-4-11;/h7-8H,3-6,11H2,1-2H3,(H,12,14);1H. The summed E-state index contributed by atoms with van der Waals surface area (Å²) in [5.41, 5.74) is 5.27. The van der Waals surface area contributed by atoms with Gasteiger partial charge < -0.3 is 16.0 Å². The molecule has 6 heteroatoms. The number of amides is 2. The SMILES string of the molecule is CC(C)N1CC(NC(=O)CCN)CC1=O.Cl. The smallest absolute Gasteiger partial charge is 0.225 e. The monoisotopic (exact) mass is 249 g/mol. The summed E-state index contributed by atoms with van der Waals surface area (Å²) in [6, 6.07) is 0.160. The number of carbonyl (C=O) groups is 2. The van der Waals surface area contributed by atoms with Crippen molar-refractivity contribution in [1.82, 2.24) is 10.2 Å². The van der Waals surface area contributed by atoms with Gasteiger partial charge in [0.2, 0.25) is 11.8 Å². The van der Waals surface area contributed by atoms with Crippen LogP contribution >= 0.6 is 12.4 Å². The molecule has 1 aliphatic heterocycles. The van der Waals surface area contributed by atoms with Crippen LogP contribution in [0.2, 0.25) is 0 Å². The number of nitrogens with one attached hydrogen (secondary N) is 1. The summed E-state index contributed by atoms with van der Waals surface area (Å²) in [7, 11) is 0. The van der Waals surface area contributed by atoms with Crippen LogP contribution in [0.5, 0.6) is 0 Å². The van der Waals surface area contributed by atoms with Crippen molar-refractivity contribution in [3.05, 3.63) is 0 Å². The van der Waals surface area contributed by atoms with Crippen molar-refractivity contribution < 1.29 is 9.59 Å². The zero-order chi connectivity index (χ0) is 11.4. The van der Waals surface area contributed by atoms with E-state index in [9.17, 15) is 9.59 Å². The third-order valence-electron chi connectivity index (χ3n) is 2.52. The van der Waals surface area contributed by atoms with Gasteiger partial charge in [0.05, 0.1) is 6.04 Å². The van der Waals surface area contributed by atoms with Gasteiger partial charge in [0, 0.05) is 32.0 Å². The molecule has 1 unspecified atom stereocenters. The molecule has 5 nitrogen and oxygen atoms in total. The second-order valence-corrected chi connectivity index (χ2v) is 4.15. The highest BCUT2D eigenvalue weighted by Crippen LogP contribution is 2.14. The highest BCUT2D eigenvalue weighted by atomic mass is 35.5. The Morgan fingerprint density at radius 2 is 2.25 bits per heavy atom. The number of rotatable bonds is 4. The topological polar surface area (TPSA) is 75.4 Å². The fourth-order valence-electron chi connectivity index (χ4n) is 1.76. The average Bonchev–Trinajstić information content (AvgIpc) is 2.47. The molecule has 0 bridgehead atoms. The Hall–Kier alpha value is -0.810. The van der Waals surface area contributed by atoms with Crippen LogP contribution in [0.25, 0.3) is 0 Å². The Morgan fingerprint density at radius 3 is 2.69 bits per heavy atom. The highest BCUT2D eigenvalue weighted by Gasteiger charge is 2.31. The molecule has 3 N–H and O–H groups in total. The number of halogens is 1. The zero-order valence-corrected chi connectivity index (χ0v) is 10.5. The highest BCUT2D eigenvalue weighted by molar-refractivity contribution is 5.85. The normalized spacial score (nSPS) is 19.9. The van der Waals surface area contributed by atoms with E-state index in [0.29, 0.717) is 25.9 Å². The Balaban J connectivity index is 0.00000225. The molecule has 0 saturated carbocycles. The van der Waals surface area contributed by atoms with Gasteiger partial charge in [0.15, 0.2) is 0 Å². The molecule has 1 aliphatic rings. The second kappa shape index (κ2) is 6.70. The molecule has 94 valence electrons. The molecule has 0 aromatic heterocycles. The van der Waals surface area contributed by atoms with Gasteiger partial charge in [-0.15, -0.1) is 12.4 Å². The molecule has 1 heterocycles. The van der Waals surface area contributed by atoms with Crippen LogP contribution in [0.1, 0.15) is 26.7 Å². The predicted molar refractivity (Wildman–Crippen MR) is 64.3 cm³/mol. The van der Waals surface area contributed by atoms with E-state index in [4.69, 9.17) is 5.73 Å². The van der Waals surface area contributed by atoms with Gasteiger partial charge in [-0.05, 0) is 13.8 Å². The fourth-order valence-corrected chi connectivity index (χ4v) is 1.76. The maximum absolute atomic E-state index is 11.5. The lowest BCUT2D eigenvalue weighted by molar-refractivity contribution is -0.129. The summed E-state index contributed by atoms with van der Waals surface area (Å²) < 4.78 is 0. The molecule has 1 rings (SSSR count). The molecule has 0 aromatic carbocycles. The molecule has 16 heavy (non-hydrogen) atoms. The minimum absolute atomic E-state index is 0. The Bertz CT molecular complexity index is 258. The molecule has 0 aromatic rings. The lowest BCUT2D eigenvalue weighted by Crippen LogP contribution is -2.39. The largest absolute Gasteiger partial charge is 0.351 e. The number of carbonyl (C=O) groups excluding carboxylic acids is 2. The van der Waals surface area contributed by atoms with Crippen LogP contribution in [0.4, 0.5) is 0 Å². The van der Waals surface area contributed by atoms with Gasteiger partial charge in [-0.3, -0.25) is 9.59 Å². The lowest BCUT2D eigenvalue weighted by atomic mass is 10.2. The first-order chi connectivity index (χ1) is 7.04. The predicted octanol–water partition coefficient (Wildman–Crippen LogP) is -0.117. The van der Waals surface area contributed by atoms with Gasteiger partial charge >= 0.3 is 0 Å². The molecule has 0 radical (unpaired) electrons. The van der Waals surface area contributed by atoms with Crippen molar-refractivity contribution in [3.63, 3.8) is 0 Å². The number of hydrogen-bond acceptors (Lipinski definition) is 3. The molecule has 0 aliphatic carbocycles. The maximum Gasteiger partial charge on any atom is 0.225 e. The zero-order valence-electron chi connectivity index (χ0n) is 9.73. The second-order valence-electron chi connectivity index (χ2n) is 4.15. The molecule has 1 saturated heterocycles. The first-order valence-electron chi connectivity index (χ1n) is 5.33. The molecule has 1 fully saturated rings. The van der Waals surface area contributed by atoms with E-state index in [-0.39, 0.29) is 36.3 Å². The minimum Gasteiger partial charge on any atom is -0.351 e. The van der Waals surface area contributed by atoms with E-state index in [0.717, 1.165) is 0 Å². The van der Waals surface area contributed by atoms with E-state index in [2.05, 4.69) is 5.32 Å². The number of likely N-dealkylation sites (tertiary alicyclic amines) is 1. The van der Waals surface area contributed by atoms with Crippen LogP contribution in [0, 0.1) is 0 Å². The van der Waals surface area contributed by atoms with Crippen molar-refractivity contribution in [1.29, 1.82) is 0 Å². The maximum atomic E-state index is 11.5. The van der Waals surface area contributed by atoms with Gasteiger partial charge in [-0.25, -0.2) is 0 Å². The molecular formula is C10H20ClN3O2. The van der Waals surface area contributed by atoms with E-state index < -0.39 is 0 Å². The van der Waals surface area contributed by atoms with Crippen LogP contribution < -0.4 is 11.1 Å². The summed E-state index contributed by atoms with van der Waals surface area (Å²) in [5.74, 6) is 0.0453. The molecule has 1 atom stereocenters. The van der Waals surface area contributed by atoms with Crippen LogP contribution in [-0.4, -0.2) is 41.9 Å². The van der Waals surface area contributed by atoms with Crippen LogP contribution in [0.15, 0.2) is 0 Å². The van der Waals surface area contributed by atoms with Crippen molar-refractivity contribution >= 4 is 24.2 Å². The number of nitrogens with two attached hydrogens (primary N) is 1. The molecule has 0 spiro atoms. The van der Waals surface area contributed by atoms with Crippen molar-refractivity contribution in [2.24, 2.45) is 5.73 Å². The first kappa shape index (κ1) is 15.2. The third-order valence-corrected chi connectivity index (χ3v) is 2.52.